The zero-order chi connectivity index (χ0) is 42.2. The molecule has 2 amide bonds. The number of imide groups is 1. The Morgan fingerprint density at radius 2 is 0.932 bits per heavy atom. The second-order valence-corrected chi connectivity index (χ2v) is 20.6. The number of benzene rings is 1. The lowest BCUT2D eigenvalue weighted by Gasteiger charge is -2.22. The van der Waals surface area contributed by atoms with Gasteiger partial charge in [-0.1, -0.05) is 194 Å². The van der Waals surface area contributed by atoms with E-state index < -0.39 is 0 Å². The number of unbranched alkanes of at least 4 members (excludes halogenated alkanes) is 22. The highest BCUT2D eigenvalue weighted by Crippen LogP contribution is 2.46. The molecule has 5 heteroatoms. The van der Waals surface area contributed by atoms with Crippen LogP contribution in [0.5, 0.6) is 0 Å². The van der Waals surface area contributed by atoms with Crippen molar-refractivity contribution in [2.24, 2.45) is 5.92 Å². The summed E-state index contributed by atoms with van der Waals surface area (Å²) in [6.45, 7) is 13.9. The standard InChI is InChI=1S/C54H85NO2S2/c1-7-11-15-18-20-22-24-26-28-31-35-45-39-43(6)58-51(45)52-46(36-32-29-27-25-23-21-19-16-12-8-2)40-48(59-52)47-38-37-42(5)49-50(47)54(57)55(53(49)56)41-44(33-14-10-4)34-30-17-13-9-3/h37-40,44H,7-36,41H2,1-6H3. The molecule has 1 unspecified atom stereocenters. The van der Waals surface area contributed by atoms with Gasteiger partial charge in [-0.2, -0.15) is 0 Å². The summed E-state index contributed by atoms with van der Waals surface area (Å²) in [4.78, 5) is 35.7. The summed E-state index contributed by atoms with van der Waals surface area (Å²) in [7, 11) is 0. The Morgan fingerprint density at radius 1 is 0.492 bits per heavy atom. The van der Waals surface area contributed by atoms with Crippen molar-refractivity contribution in [3.63, 3.8) is 0 Å². The molecule has 0 spiro atoms. The molecule has 3 heterocycles. The number of carbonyl (C=O) groups is 2. The lowest BCUT2D eigenvalue weighted by Crippen LogP contribution is -2.34. The topological polar surface area (TPSA) is 37.4 Å². The first kappa shape index (κ1) is 49.4. The first-order chi connectivity index (χ1) is 28.8. The average Bonchev–Trinajstić information content (AvgIpc) is 3.90. The van der Waals surface area contributed by atoms with Gasteiger partial charge >= 0.3 is 0 Å². The van der Waals surface area contributed by atoms with Gasteiger partial charge in [0, 0.05) is 31.6 Å². The van der Waals surface area contributed by atoms with E-state index in [1.165, 1.54) is 180 Å². The summed E-state index contributed by atoms with van der Waals surface area (Å²) in [6, 6.07) is 9.11. The van der Waals surface area contributed by atoms with Crippen molar-refractivity contribution in [2.45, 2.75) is 234 Å². The number of amides is 2. The lowest BCUT2D eigenvalue weighted by molar-refractivity contribution is 0.0622. The molecule has 0 saturated carbocycles. The predicted octanol–water partition coefficient (Wildman–Crippen LogP) is 18.1. The number of hydrogen-bond acceptors (Lipinski definition) is 4. The van der Waals surface area contributed by atoms with E-state index in [0.717, 1.165) is 54.5 Å². The van der Waals surface area contributed by atoms with E-state index in [1.54, 1.807) is 4.90 Å². The Balaban J connectivity index is 1.54. The van der Waals surface area contributed by atoms with E-state index >= 15 is 0 Å². The summed E-state index contributed by atoms with van der Waals surface area (Å²) in [6.07, 6.45) is 38.5. The number of thiophene rings is 2. The largest absolute Gasteiger partial charge is 0.274 e. The van der Waals surface area contributed by atoms with Gasteiger partial charge in [0.15, 0.2) is 0 Å². The van der Waals surface area contributed by atoms with Crippen LogP contribution in [0.4, 0.5) is 0 Å². The van der Waals surface area contributed by atoms with Gasteiger partial charge in [-0.3, -0.25) is 14.5 Å². The Labute approximate surface area is 371 Å². The first-order valence-corrected chi connectivity index (χ1v) is 26.7. The highest BCUT2D eigenvalue weighted by Gasteiger charge is 2.40. The summed E-state index contributed by atoms with van der Waals surface area (Å²) >= 11 is 3.84. The lowest BCUT2D eigenvalue weighted by atomic mass is 9.94. The third-order valence-corrected chi connectivity index (χ3v) is 15.5. The van der Waals surface area contributed by atoms with Crippen LogP contribution in [0.1, 0.15) is 250 Å². The summed E-state index contributed by atoms with van der Waals surface area (Å²) in [5.41, 5.74) is 6.13. The number of carbonyl (C=O) groups excluding carboxylic acids is 2. The fourth-order valence-corrected chi connectivity index (χ4v) is 11.9. The highest BCUT2D eigenvalue weighted by molar-refractivity contribution is 7.24. The second kappa shape index (κ2) is 28.4. The van der Waals surface area contributed by atoms with Crippen molar-refractivity contribution in [3.05, 3.63) is 57.0 Å². The average molecular weight is 844 g/mol. The summed E-state index contributed by atoms with van der Waals surface area (Å²) in [5, 5.41) is 0. The third-order valence-electron chi connectivity index (χ3n) is 13.0. The smallest absolute Gasteiger partial charge is 0.262 e. The van der Waals surface area contributed by atoms with Gasteiger partial charge in [0.25, 0.3) is 11.8 Å². The highest BCUT2D eigenvalue weighted by atomic mass is 32.1. The van der Waals surface area contributed by atoms with Crippen LogP contribution in [0.15, 0.2) is 24.3 Å². The van der Waals surface area contributed by atoms with Crippen LogP contribution < -0.4 is 0 Å². The van der Waals surface area contributed by atoms with E-state index in [0.29, 0.717) is 23.6 Å². The van der Waals surface area contributed by atoms with Gasteiger partial charge < -0.3 is 0 Å². The second-order valence-electron chi connectivity index (χ2n) is 18.3. The van der Waals surface area contributed by atoms with E-state index in [4.69, 9.17) is 0 Å². The number of nitrogens with zero attached hydrogens (tertiary/aromatic N) is 1. The van der Waals surface area contributed by atoms with Crippen LogP contribution in [0.2, 0.25) is 0 Å². The van der Waals surface area contributed by atoms with Crippen molar-refractivity contribution >= 4 is 34.5 Å². The van der Waals surface area contributed by atoms with Crippen LogP contribution in [-0.4, -0.2) is 23.3 Å². The van der Waals surface area contributed by atoms with E-state index in [9.17, 15) is 9.59 Å². The fourth-order valence-electron chi connectivity index (χ4n) is 9.37. The zero-order valence-corrected chi connectivity index (χ0v) is 40.5. The molecule has 0 N–H and O–H groups in total. The van der Waals surface area contributed by atoms with Gasteiger partial charge in [-0.25, -0.2) is 0 Å². The molecule has 330 valence electrons. The minimum absolute atomic E-state index is 0.0708. The number of aryl methyl sites for hydroxylation is 4. The minimum Gasteiger partial charge on any atom is -0.274 e. The molecule has 1 aromatic carbocycles. The first-order valence-electron chi connectivity index (χ1n) is 25.1. The molecule has 2 aromatic heterocycles. The Morgan fingerprint density at radius 3 is 1.47 bits per heavy atom. The monoisotopic (exact) mass is 844 g/mol. The van der Waals surface area contributed by atoms with E-state index in [-0.39, 0.29) is 11.8 Å². The molecule has 1 atom stereocenters. The van der Waals surface area contributed by atoms with Crippen LogP contribution >= 0.6 is 22.7 Å². The third kappa shape index (κ3) is 15.9. The summed E-state index contributed by atoms with van der Waals surface area (Å²) < 4.78 is 0. The molecule has 59 heavy (non-hydrogen) atoms. The number of fused-ring (bicyclic) bond motifs is 1. The number of hydrogen-bond donors (Lipinski definition) is 0. The SMILES string of the molecule is CCCCCCCCCCCCc1cc(C)sc1-c1sc(-c2ccc(C)c3c2C(=O)N(CC(CCCC)CCCCCC)C3=O)cc1CCCCCCCCCCCC. The molecular formula is C54H85NO2S2. The Bertz CT molecular complexity index is 1650. The molecule has 3 aromatic rings. The van der Waals surface area contributed by atoms with Crippen molar-refractivity contribution < 1.29 is 9.59 Å². The zero-order valence-electron chi connectivity index (χ0n) is 38.9. The maximum Gasteiger partial charge on any atom is 0.262 e. The quantitative estimate of drug-likeness (QED) is 0.0444. The van der Waals surface area contributed by atoms with Gasteiger partial charge in [0.2, 0.25) is 0 Å². The maximum absolute atomic E-state index is 14.5. The molecule has 1 aliphatic rings. The van der Waals surface area contributed by atoms with E-state index in [2.05, 4.69) is 58.9 Å². The van der Waals surface area contributed by atoms with Crippen LogP contribution in [0, 0.1) is 19.8 Å². The maximum atomic E-state index is 14.5. The van der Waals surface area contributed by atoms with Crippen LogP contribution in [0.25, 0.3) is 20.2 Å². The van der Waals surface area contributed by atoms with E-state index in [1.807, 2.05) is 29.6 Å². The van der Waals surface area contributed by atoms with Crippen LogP contribution in [-0.2, 0) is 12.8 Å². The fraction of sp³-hybridized carbons (Fsp3) is 0.704. The predicted molar refractivity (Wildman–Crippen MR) is 261 cm³/mol. The summed E-state index contributed by atoms with van der Waals surface area (Å²) in [5.74, 6) is 0.225. The molecule has 0 bridgehead atoms. The molecular weight excluding hydrogens is 759 g/mol. The Hall–Kier alpha value is -2.24. The normalized spacial score (nSPS) is 13.3. The van der Waals surface area contributed by atoms with Gasteiger partial charge in [0.1, 0.15) is 0 Å². The van der Waals surface area contributed by atoms with Crippen LogP contribution in [0.3, 0.4) is 0 Å². The Kier molecular flexibility index (Phi) is 23.8. The van der Waals surface area contributed by atoms with Crippen molar-refractivity contribution in [3.8, 4) is 20.2 Å². The number of rotatable bonds is 34. The molecule has 0 radical (unpaired) electrons. The van der Waals surface area contributed by atoms with Gasteiger partial charge in [-0.05, 0) is 87.1 Å². The van der Waals surface area contributed by atoms with Crippen molar-refractivity contribution in [1.29, 1.82) is 0 Å². The van der Waals surface area contributed by atoms with Gasteiger partial charge in [0.05, 0.1) is 11.1 Å². The molecule has 1 aliphatic heterocycles. The molecule has 0 aliphatic carbocycles. The molecule has 4 rings (SSSR count). The molecule has 0 fully saturated rings. The van der Waals surface area contributed by atoms with Crippen molar-refractivity contribution in [2.75, 3.05) is 6.54 Å². The minimum atomic E-state index is -0.0746. The molecule has 3 nitrogen and oxygen atoms in total. The van der Waals surface area contributed by atoms with Gasteiger partial charge in [-0.15, -0.1) is 22.7 Å². The van der Waals surface area contributed by atoms with Crippen molar-refractivity contribution in [1.82, 2.24) is 4.90 Å². The molecule has 0 saturated heterocycles.